The van der Waals surface area contributed by atoms with Crippen molar-refractivity contribution in [1.29, 1.82) is 0 Å². The van der Waals surface area contributed by atoms with Crippen LogP contribution in [0.25, 0.3) is 0 Å². The number of rotatable bonds is 8. The Morgan fingerprint density at radius 1 is 1.14 bits per heavy atom. The fourth-order valence-electron chi connectivity index (χ4n) is 1.84. The van der Waals surface area contributed by atoms with Crippen molar-refractivity contribution in [1.82, 2.24) is 0 Å². The van der Waals surface area contributed by atoms with E-state index in [1.165, 1.54) is 32.1 Å². The zero-order valence-electron chi connectivity index (χ0n) is 10.3. The van der Waals surface area contributed by atoms with E-state index in [9.17, 15) is 4.79 Å². The van der Waals surface area contributed by atoms with E-state index < -0.39 is 8.07 Å². The topological polar surface area (TPSA) is 17.1 Å². The third kappa shape index (κ3) is 6.36. The van der Waals surface area contributed by atoms with Crippen molar-refractivity contribution in [3.05, 3.63) is 0 Å². The van der Waals surface area contributed by atoms with E-state index in [4.69, 9.17) is 0 Å². The number of aldehydes is 1. The molecule has 0 radical (unpaired) electrons. The van der Waals surface area contributed by atoms with E-state index in [0.717, 1.165) is 12.7 Å². The molecule has 0 aliphatic heterocycles. The lowest BCUT2D eigenvalue weighted by atomic mass is 10.1. The van der Waals surface area contributed by atoms with Crippen LogP contribution in [0.15, 0.2) is 0 Å². The first-order valence-electron chi connectivity index (χ1n) is 5.96. The van der Waals surface area contributed by atoms with Gasteiger partial charge in [0.25, 0.3) is 0 Å². The number of hydrogen-bond acceptors (Lipinski definition) is 1. The van der Waals surface area contributed by atoms with Crippen LogP contribution >= 0.6 is 0 Å². The Bertz CT molecular complexity index is 149. The van der Waals surface area contributed by atoms with E-state index in [0.29, 0.717) is 5.54 Å². The smallest absolute Gasteiger partial charge is 0.119 e. The molecule has 0 rings (SSSR count). The van der Waals surface area contributed by atoms with E-state index in [1.807, 2.05) is 0 Å². The maximum Gasteiger partial charge on any atom is 0.119 e. The summed E-state index contributed by atoms with van der Waals surface area (Å²) >= 11 is 0. The predicted octanol–water partition coefficient (Wildman–Crippen LogP) is 4.25. The van der Waals surface area contributed by atoms with Crippen molar-refractivity contribution in [3.63, 3.8) is 0 Å². The molecule has 0 spiro atoms. The minimum absolute atomic E-state index is 0.705. The van der Waals surface area contributed by atoms with Gasteiger partial charge in [-0.25, -0.2) is 0 Å². The molecular weight excluding hydrogens is 188 g/mol. The third-order valence-corrected chi connectivity index (χ3v) is 5.99. The summed E-state index contributed by atoms with van der Waals surface area (Å²) in [6.07, 6.45) is 8.48. The van der Waals surface area contributed by atoms with Crippen LogP contribution in [0.1, 0.15) is 45.4 Å². The van der Waals surface area contributed by atoms with Crippen molar-refractivity contribution in [2.75, 3.05) is 0 Å². The first-order chi connectivity index (χ1) is 6.52. The van der Waals surface area contributed by atoms with Gasteiger partial charge in [-0.05, 0) is 5.54 Å². The molecular formula is C12H26OSi. The van der Waals surface area contributed by atoms with Crippen LogP contribution in [-0.2, 0) is 4.79 Å². The summed E-state index contributed by atoms with van der Waals surface area (Å²) < 4.78 is 0. The molecule has 1 nitrogen and oxygen atoms in total. The van der Waals surface area contributed by atoms with Crippen molar-refractivity contribution in [3.8, 4) is 0 Å². The molecule has 0 aromatic carbocycles. The van der Waals surface area contributed by atoms with Gasteiger partial charge in [0, 0.05) is 14.5 Å². The van der Waals surface area contributed by atoms with Gasteiger partial charge in [-0.2, -0.15) is 0 Å². The summed E-state index contributed by atoms with van der Waals surface area (Å²) in [5.74, 6) is 0. The highest BCUT2D eigenvalue weighted by molar-refractivity contribution is 6.77. The van der Waals surface area contributed by atoms with E-state index in [2.05, 4.69) is 26.6 Å². The van der Waals surface area contributed by atoms with Gasteiger partial charge < -0.3 is 4.79 Å². The Balaban J connectivity index is 3.80. The van der Waals surface area contributed by atoms with Crippen molar-refractivity contribution < 1.29 is 4.79 Å². The van der Waals surface area contributed by atoms with Crippen LogP contribution in [0.4, 0.5) is 0 Å². The molecule has 0 bridgehead atoms. The maximum absolute atomic E-state index is 10.6. The van der Waals surface area contributed by atoms with Crippen LogP contribution in [0.5, 0.6) is 0 Å². The highest BCUT2D eigenvalue weighted by Crippen LogP contribution is 2.30. The Kier molecular flexibility index (Phi) is 7.16. The lowest BCUT2D eigenvalue weighted by Crippen LogP contribution is -2.28. The summed E-state index contributed by atoms with van der Waals surface area (Å²) in [6.45, 7) is 9.37. The lowest BCUT2D eigenvalue weighted by molar-refractivity contribution is -0.107. The van der Waals surface area contributed by atoms with E-state index >= 15 is 0 Å². The normalized spacial score (nSPS) is 14.0. The minimum atomic E-state index is -1.10. The molecule has 0 aromatic heterocycles. The molecule has 0 saturated heterocycles. The Morgan fingerprint density at radius 2 is 1.79 bits per heavy atom. The molecule has 0 amide bonds. The molecule has 0 unspecified atom stereocenters. The van der Waals surface area contributed by atoms with Gasteiger partial charge in [-0.3, -0.25) is 0 Å². The Hall–Kier alpha value is -0.113. The van der Waals surface area contributed by atoms with E-state index in [1.54, 1.807) is 0 Å². The molecule has 0 fully saturated rings. The second-order valence-electron chi connectivity index (χ2n) is 5.31. The van der Waals surface area contributed by atoms with Crippen LogP contribution in [0.2, 0.25) is 25.2 Å². The van der Waals surface area contributed by atoms with Gasteiger partial charge >= 0.3 is 0 Å². The number of carbonyl (C=O) groups is 1. The van der Waals surface area contributed by atoms with Crippen molar-refractivity contribution in [2.45, 2.75) is 70.6 Å². The molecule has 0 aliphatic rings. The summed E-state index contributed by atoms with van der Waals surface area (Å²) in [4.78, 5) is 10.6. The predicted molar refractivity (Wildman–Crippen MR) is 66.5 cm³/mol. The minimum Gasteiger partial charge on any atom is -0.303 e. The molecule has 2 heteroatoms. The highest BCUT2D eigenvalue weighted by atomic mass is 28.3. The molecule has 1 atom stereocenters. The quantitative estimate of drug-likeness (QED) is 0.335. The average molecular weight is 214 g/mol. The summed E-state index contributed by atoms with van der Waals surface area (Å²) in [6, 6.07) is 0. The molecule has 14 heavy (non-hydrogen) atoms. The Morgan fingerprint density at radius 3 is 2.21 bits per heavy atom. The largest absolute Gasteiger partial charge is 0.303 e. The van der Waals surface area contributed by atoms with Gasteiger partial charge in [0.05, 0.1) is 0 Å². The standard InChI is InChI=1S/C12H26OSi/c1-5-6-7-8-9-12(10-11-13)14(2,3)4/h11-12H,5-10H2,1-4H3/t12-/m1/s1. The maximum atomic E-state index is 10.6. The summed E-state index contributed by atoms with van der Waals surface area (Å²) in [5.41, 5.74) is 0.705. The molecule has 0 saturated carbocycles. The second-order valence-corrected chi connectivity index (χ2v) is 10.9. The fourth-order valence-corrected chi connectivity index (χ4v) is 3.71. The first-order valence-corrected chi connectivity index (χ1v) is 9.53. The van der Waals surface area contributed by atoms with Crippen molar-refractivity contribution in [2.24, 2.45) is 0 Å². The number of carbonyl (C=O) groups excluding carboxylic acids is 1. The van der Waals surface area contributed by atoms with Crippen LogP contribution in [0.3, 0.4) is 0 Å². The van der Waals surface area contributed by atoms with Gasteiger partial charge in [-0.1, -0.05) is 58.7 Å². The summed E-state index contributed by atoms with van der Waals surface area (Å²) in [5, 5.41) is 0. The van der Waals surface area contributed by atoms with Gasteiger partial charge in [0.1, 0.15) is 6.29 Å². The molecule has 84 valence electrons. The molecule has 0 N–H and O–H groups in total. The number of unbranched alkanes of at least 4 members (excludes halogenated alkanes) is 3. The van der Waals surface area contributed by atoms with Gasteiger partial charge in [0.2, 0.25) is 0 Å². The third-order valence-electron chi connectivity index (χ3n) is 3.01. The highest BCUT2D eigenvalue weighted by Gasteiger charge is 2.25. The van der Waals surface area contributed by atoms with Crippen LogP contribution in [-0.4, -0.2) is 14.4 Å². The Labute approximate surface area is 90.3 Å². The first kappa shape index (κ1) is 13.9. The fraction of sp³-hybridized carbons (Fsp3) is 0.917. The van der Waals surface area contributed by atoms with Crippen LogP contribution < -0.4 is 0 Å². The molecule has 0 aliphatic carbocycles. The summed E-state index contributed by atoms with van der Waals surface area (Å²) in [7, 11) is -1.10. The van der Waals surface area contributed by atoms with Gasteiger partial charge in [-0.15, -0.1) is 0 Å². The zero-order valence-corrected chi connectivity index (χ0v) is 11.3. The molecule has 0 heterocycles. The van der Waals surface area contributed by atoms with Crippen LogP contribution in [0, 0.1) is 0 Å². The lowest BCUT2D eigenvalue weighted by Gasteiger charge is -2.27. The van der Waals surface area contributed by atoms with Crippen molar-refractivity contribution >= 4 is 14.4 Å². The number of hydrogen-bond donors (Lipinski definition) is 0. The van der Waals surface area contributed by atoms with Gasteiger partial charge in [0.15, 0.2) is 0 Å². The zero-order chi connectivity index (χ0) is 11.0. The SMILES string of the molecule is CCCCCC[C@H](CC=O)[Si](C)(C)C. The monoisotopic (exact) mass is 214 g/mol. The average Bonchev–Trinajstić information content (AvgIpc) is 2.08. The second kappa shape index (κ2) is 7.21. The van der Waals surface area contributed by atoms with E-state index in [-0.39, 0.29) is 0 Å². The molecule has 0 aromatic rings.